The van der Waals surface area contributed by atoms with E-state index in [2.05, 4.69) is 28.1 Å². The van der Waals surface area contributed by atoms with E-state index in [1.54, 1.807) is 6.07 Å². The SMILES string of the molecule is CC(C)(C)C1=CC(=O)c2ccc3ccc4c(c3c2C1=O)-c1c(ccc2ccc(Br)cc12)OC(c1ccccc1)(c1ccccc1)O4. The van der Waals surface area contributed by atoms with Crippen molar-refractivity contribution in [3.05, 3.63) is 154 Å². The summed E-state index contributed by atoms with van der Waals surface area (Å²) in [5.74, 6) is -0.531. The smallest absolute Gasteiger partial charge is 0.305 e. The lowest BCUT2D eigenvalue weighted by molar-refractivity contribution is -0.0811. The highest BCUT2D eigenvalue weighted by molar-refractivity contribution is 9.10. The van der Waals surface area contributed by atoms with Gasteiger partial charge in [0.1, 0.15) is 11.5 Å². The van der Waals surface area contributed by atoms with Gasteiger partial charge in [-0.15, -0.1) is 0 Å². The van der Waals surface area contributed by atoms with E-state index >= 15 is 0 Å². The summed E-state index contributed by atoms with van der Waals surface area (Å²) >= 11 is 3.69. The molecule has 0 unspecified atom stereocenters. The maximum atomic E-state index is 14.5. The van der Waals surface area contributed by atoms with E-state index in [4.69, 9.17) is 9.47 Å². The van der Waals surface area contributed by atoms with Gasteiger partial charge in [0.25, 0.3) is 0 Å². The highest BCUT2D eigenvalue weighted by atomic mass is 79.9. The van der Waals surface area contributed by atoms with E-state index in [1.165, 1.54) is 6.08 Å². The molecule has 0 bridgehead atoms. The van der Waals surface area contributed by atoms with Crippen molar-refractivity contribution >= 4 is 49.0 Å². The Morgan fingerprint density at radius 2 is 1.20 bits per heavy atom. The average molecular weight is 666 g/mol. The zero-order valence-corrected chi connectivity index (χ0v) is 27.1. The molecule has 0 aromatic heterocycles. The highest BCUT2D eigenvalue weighted by Crippen LogP contribution is 2.54. The maximum Gasteiger partial charge on any atom is 0.305 e. The molecule has 8 rings (SSSR count). The van der Waals surface area contributed by atoms with Crippen LogP contribution in [0.5, 0.6) is 11.5 Å². The fraction of sp³-hybridized carbons (Fsp3) is 0.122. The Morgan fingerprint density at radius 3 is 1.83 bits per heavy atom. The second-order valence-corrected chi connectivity index (χ2v) is 13.8. The molecule has 6 aromatic carbocycles. The topological polar surface area (TPSA) is 52.6 Å². The summed E-state index contributed by atoms with van der Waals surface area (Å²) in [6.45, 7) is 5.89. The van der Waals surface area contributed by atoms with Gasteiger partial charge in [-0.05, 0) is 58.0 Å². The van der Waals surface area contributed by atoms with E-state index in [1.807, 2.05) is 118 Å². The summed E-state index contributed by atoms with van der Waals surface area (Å²) in [4.78, 5) is 28.1. The van der Waals surface area contributed by atoms with Crippen LogP contribution in [0.2, 0.25) is 0 Å². The Morgan fingerprint density at radius 1 is 0.630 bits per heavy atom. The van der Waals surface area contributed by atoms with Crippen molar-refractivity contribution in [3.8, 4) is 22.6 Å². The molecule has 0 spiro atoms. The number of benzene rings is 6. The fourth-order valence-corrected chi connectivity index (χ4v) is 7.16. The van der Waals surface area contributed by atoms with Crippen LogP contribution in [-0.4, -0.2) is 11.6 Å². The number of carbonyl (C=O) groups excluding carboxylic acids is 2. The summed E-state index contributed by atoms with van der Waals surface area (Å²) in [5, 5.41) is 3.45. The molecular formula is C41H29BrO4. The number of ether oxygens (including phenoxy) is 2. The molecule has 2 aliphatic rings. The highest BCUT2D eigenvalue weighted by Gasteiger charge is 2.44. The van der Waals surface area contributed by atoms with Gasteiger partial charge < -0.3 is 9.47 Å². The lowest BCUT2D eigenvalue weighted by atomic mass is 9.74. The Kier molecular flexibility index (Phi) is 6.35. The zero-order chi connectivity index (χ0) is 31.8. The largest absolute Gasteiger partial charge is 0.444 e. The van der Waals surface area contributed by atoms with Crippen LogP contribution in [-0.2, 0) is 5.79 Å². The maximum absolute atomic E-state index is 14.5. The van der Waals surface area contributed by atoms with Gasteiger partial charge in [-0.3, -0.25) is 9.59 Å². The predicted molar refractivity (Wildman–Crippen MR) is 186 cm³/mol. The van der Waals surface area contributed by atoms with Crippen molar-refractivity contribution in [3.63, 3.8) is 0 Å². The Hall–Kier alpha value is -5.00. The third-order valence-electron chi connectivity index (χ3n) is 8.98. The van der Waals surface area contributed by atoms with Gasteiger partial charge in [0, 0.05) is 48.8 Å². The molecule has 5 heteroatoms. The van der Waals surface area contributed by atoms with E-state index in [9.17, 15) is 9.59 Å². The Bertz CT molecular complexity index is 2240. The van der Waals surface area contributed by atoms with Crippen molar-refractivity contribution in [2.75, 3.05) is 0 Å². The van der Waals surface area contributed by atoms with Gasteiger partial charge in [-0.25, -0.2) is 0 Å². The summed E-state index contributed by atoms with van der Waals surface area (Å²) in [7, 11) is 0. The minimum atomic E-state index is -1.36. The molecule has 0 N–H and O–H groups in total. The lowest BCUT2D eigenvalue weighted by Crippen LogP contribution is -2.40. The monoisotopic (exact) mass is 664 g/mol. The predicted octanol–water partition coefficient (Wildman–Crippen LogP) is 10.4. The summed E-state index contributed by atoms with van der Waals surface area (Å²) in [6, 6.07) is 37.6. The van der Waals surface area contributed by atoms with Crippen LogP contribution in [0.25, 0.3) is 32.7 Å². The number of carbonyl (C=O) groups is 2. The standard InChI is InChI=1S/C41H29BrO4/c1-40(2,3)31-23-32(43)29-19-15-25-17-21-34-38(35(25)37(29)39(31)44)36-30-22-28(42)18-14-24(30)16-20-33(36)45-41(46-34,26-10-6-4-7-11-26)27-12-8-5-9-13-27/h4-23H,1-3H3. The fourth-order valence-electron chi connectivity index (χ4n) is 6.80. The number of rotatable bonds is 2. The Balaban J connectivity index is 1.56. The number of Topliss-reactive ketones (excluding diaryl/α,β-unsaturated/α-hetero) is 1. The van der Waals surface area contributed by atoms with Gasteiger partial charge in [0.05, 0.1) is 0 Å². The van der Waals surface area contributed by atoms with Gasteiger partial charge in [0.15, 0.2) is 11.6 Å². The van der Waals surface area contributed by atoms with Crippen molar-refractivity contribution < 1.29 is 19.1 Å². The minimum absolute atomic E-state index is 0.147. The average Bonchev–Trinajstić information content (AvgIpc) is 3.22. The first-order chi connectivity index (χ1) is 22.2. The molecule has 0 saturated carbocycles. The molecule has 6 aromatic rings. The van der Waals surface area contributed by atoms with Crippen LogP contribution in [0.15, 0.2) is 131 Å². The zero-order valence-electron chi connectivity index (χ0n) is 25.6. The van der Waals surface area contributed by atoms with Crippen LogP contribution in [0.4, 0.5) is 0 Å². The number of allylic oxidation sites excluding steroid dienone is 2. The minimum Gasteiger partial charge on any atom is -0.444 e. The van der Waals surface area contributed by atoms with Gasteiger partial charge >= 0.3 is 5.79 Å². The van der Waals surface area contributed by atoms with Gasteiger partial charge in [-0.2, -0.15) is 0 Å². The van der Waals surface area contributed by atoms with E-state index in [0.29, 0.717) is 33.6 Å². The molecule has 0 radical (unpaired) electrons. The van der Waals surface area contributed by atoms with Crippen molar-refractivity contribution in [2.45, 2.75) is 26.6 Å². The molecule has 4 nitrogen and oxygen atoms in total. The van der Waals surface area contributed by atoms with Crippen molar-refractivity contribution in [1.82, 2.24) is 0 Å². The van der Waals surface area contributed by atoms with Crippen LogP contribution < -0.4 is 9.47 Å². The number of hydrogen-bond donors (Lipinski definition) is 0. The Labute approximate surface area is 275 Å². The lowest BCUT2D eigenvalue weighted by Gasteiger charge is -2.34. The van der Waals surface area contributed by atoms with E-state index in [0.717, 1.165) is 42.9 Å². The third-order valence-corrected chi connectivity index (χ3v) is 9.47. The van der Waals surface area contributed by atoms with E-state index in [-0.39, 0.29) is 11.6 Å². The van der Waals surface area contributed by atoms with Crippen molar-refractivity contribution in [2.24, 2.45) is 5.41 Å². The molecule has 224 valence electrons. The molecule has 1 heterocycles. The third kappa shape index (κ3) is 4.26. The normalized spacial score (nSPS) is 15.3. The molecule has 46 heavy (non-hydrogen) atoms. The van der Waals surface area contributed by atoms with Crippen molar-refractivity contribution in [1.29, 1.82) is 0 Å². The van der Waals surface area contributed by atoms with Crippen LogP contribution >= 0.6 is 15.9 Å². The second-order valence-electron chi connectivity index (χ2n) is 12.9. The number of hydrogen-bond acceptors (Lipinski definition) is 4. The van der Waals surface area contributed by atoms with Crippen LogP contribution in [0.1, 0.15) is 52.6 Å². The summed E-state index contributed by atoms with van der Waals surface area (Å²) in [6.07, 6.45) is 1.51. The molecule has 0 fully saturated rings. The quantitative estimate of drug-likeness (QED) is 0.185. The summed E-state index contributed by atoms with van der Waals surface area (Å²) in [5.41, 5.74) is 3.91. The number of halogens is 1. The number of ketones is 2. The summed E-state index contributed by atoms with van der Waals surface area (Å²) < 4.78 is 15.3. The molecular weight excluding hydrogens is 636 g/mol. The first kappa shape index (κ1) is 28.5. The molecule has 1 aliphatic carbocycles. The number of fused-ring (bicyclic) bond motifs is 9. The first-order valence-corrected chi connectivity index (χ1v) is 16.1. The van der Waals surface area contributed by atoms with Gasteiger partial charge in [0.2, 0.25) is 0 Å². The molecule has 0 amide bonds. The molecule has 0 saturated heterocycles. The first-order valence-electron chi connectivity index (χ1n) is 15.3. The van der Waals surface area contributed by atoms with Crippen LogP contribution in [0.3, 0.4) is 0 Å². The van der Waals surface area contributed by atoms with Crippen LogP contribution in [0, 0.1) is 5.41 Å². The molecule has 1 aliphatic heterocycles. The second kappa shape index (κ2) is 10.3. The van der Waals surface area contributed by atoms with E-state index < -0.39 is 11.2 Å². The van der Waals surface area contributed by atoms with Gasteiger partial charge in [-0.1, -0.05) is 122 Å². The molecule has 0 atom stereocenters.